The van der Waals surface area contributed by atoms with E-state index in [0.29, 0.717) is 6.04 Å². The van der Waals surface area contributed by atoms with Crippen LogP contribution in [-0.4, -0.2) is 71.1 Å². The lowest BCUT2D eigenvalue weighted by Crippen LogP contribution is -2.44. The Morgan fingerprint density at radius 3 is 2.81 bits per heavy atom. The summed E-state index contributed by atoms with van der Waals surface area (Å²) in [4.78, 5) is 14.5. The molecule has 26 heavy (non-hydrogen) atoms. The molecule has 0 spiro atoms. The van der Waals surface area contributed by atoms with Gasteiger partial charge in [0.15, 0.2) is 5.96 Å². The molecule has 1 aromatic heterocycles. The molecule has 0 amide bonds. The fourth-order valence-electron chi connectivity index (χ4n) is 4.74. The van der Waals surface area contributed by atoms with Gasteiger partial charge < -0.3 is 14.8 Å². The Labute approximate surface area is 157 Å². The Morgan fingerprint density at radius 2 is 2.00 bits per heavy atom. The van der Waals surface area contributed by atoms with E-state index in [9.17, 15) is 0 Å². The van der Waals surface area contributed by atoms with Gasteiger partial charge in [-0.1, -0.05) is 6.42 Å². The van der Waals surface area contributed by atoms with E-state index in [-0.39, 0.29) is 0 Å². The zero-order chi connectivity index (χ0) is 17.8. The molecule has 6 heteroatoms. The number of likely N-dealkylation sites (tertiary alicyclic amines) is 2. The summed E-state index contributed by atoms with van der Waals surface area (Å²) >= 11 is 0. The second-order valence-electron chi connectivity index (χ2n) is 8.01. The van der Waals surface area contributed by atoms with Crippen molar-refractivity contribution in [2.45, 2.75) is 64.0 Å². The molecule has 144 valence electrons. The molecule has 6 nitrogen and oxygen atoms in total. The maximum Gasteiger partial charge on any atom is 0.193 e. The second-order valence-corrected chi connectivity index (χ2v) is 8.01. The molecule has 0 aliphatic carbocycles. The number of nitrogens with one attached hydrogen (secondary N) is 1. The van der Waals surface area contributed by atoms with Gasteiger partial charge in [-0.05, 0) is 45.2 Å². The van der Waals surface area contributed by atoms with Gasteiger partial charge in [0, 0.05) is 58.3 Å². The number of aromatic nitrogens is 2. The van der Waals surface area contributed by atoms with Crippen molar-refractivity contribution in [1.82, 2.24) is 24.7 Å². The average Bonchev–Trinajstić information content (AvgIpc) is 3.33. The van der Waals surface area contributed by atoms with Gasteiger partial charge in [-0.25, -0.2) is 4.98 Å². The molecule has 3 aliphatic heterocycles. The van der Waals surface area contributed by atoms with Gasteiger partial charge in [-0.15, -0.1) is 0 Å². The normalized spacial score (nSPS) is 24.7. The number of fused-ring (bicyclic) bond motifs is 1. The van der Waals surface area contributed by atoms with Crippen LogP contribution in [0.15, 0.2) is 11.2 Å². The van der Waals surface area contributed by atoms with Crippen molar-refractivity contribution in [3.8, 4) is 0 Å². The number of hydrogen-bond donors (Lipinski definition) is 1. The largest absolute Gasteiger partial charge is 0.356 e. The molecule has 0 bridgehead atoms. The highest BCUT2D eigenvalue weighted by molar-refractivity contribution is 5.80. The Bertz CT molecular complexity index is 592. The number of guanidine groups is 1. The summed E-state index contributed by atoms with van der Waals surface area (Å²) < 4.78 is 2.34. The maximum absolute atomic E-state index is 4.81. The van der Waals surface area contributed by atoms with Crippen LogP contribution in [0.4, 0.5) is 0 Å². The van der Waals surface area contributed by atoms with Crippen molar-refractivity contribution >= 4 is 5.96 Å². The maximum atomic E-state index is 4.81. The zero-order valence-electron chi connectivity index (χ0n) is 16.3. The van der Waals surface area contributed by atoms with Crippen LogP contribution >= 0.6 is 0 Å². The highest BCUT2D eigenvalue weighted by Crippen LogP contribution is 2.20. The number of aryl methyl sites for hydroxylation is 2. The molecule has 2 saturated heterocycles. The first-order valence-corrected chi connectivity index (χ1v) is 10.6. The Hall–Kier alpha value is -1.56. The summed E-state index contributed by atoms with van der Waals surface area (Å²) in [7, 11) is 1.91. The third kappa shape index (κ3) is 4.05. The SMILES string of the molecule is CN=C(NCCc1cn2c(n1)CCCC2)N1CCC(N2CCCCC2)C1. The smallest absolute Gasteiger partial charge is 0.193 e. The highest BCUT2D eigenvalue weighted by atomic mass is 15.3. The summed E-state index contributed by atoms with van der Waals surface area (Å²) in [6, 6.07) is 0.716. The minimum atomic E-state index is 0.716. The van der Waals surface area contributed by atoms with E-state index in [0.717, 1.165) is 45.0 Å². The highest BCUT2D eigenvalue weighted by Gasteiger charge is 2.29. The summed E-state index contributed by atoms with van der Waals surface area (Å²) in [5.41, 5.74) is 1.22. The van der Waals surface area contributed by atoms with Crippen LogP contribution in [-0.2, 0) is 19.4 Å². The van der Waals surface area contributed by atoms with Crippen LogP contribution < -0.4 is 5.32 Å². The van der Waals surface area contributed by atoms with E-state index < -0.39 is 0 Å². The molecule has 1 atom stereocenters. The molecule has 1 N–H and O–H groups in total. The van der Waals surface area contributed by atoms with E-state index in [4.69, 9.17) is 4.98 Å². The molecule has 2 fully saturated rings. The average molecular weight is 359 g/mol. The third-order valence-electron chi connectivity index (χ3n) is 6.20. The number of hydrogen-bond acceptors (Lipinski definition) is 3. The number of piperidine rings is 1. The summed E-state index contributed by atoms with van der Waals surface area (Å²) in [5.74, 6) is 2.34. The van der Waals surface area contributed by atoms with Gasteiger partial charge in [0.1, 0.15) is 5.82 Å². The predicted octanol–water partition coefficient (Wildman–Crippen LogP) is 1.90. The summed E-state index contributed by atoms with van der Waals surface area (Å²) in [5, 5.41) is 3.57. The standard InChI is InChI=1S/C20H34N6/c1-21-20(26-14-9-18(16-26)24-11-4-2-5-12-24)22-10-8-17-15-25-13-6-3-7-19(25)23-17/h15,18H,2-14,16H2,1H3,(H,21,22). The minimum absolute atomic E-state index is 0.716. The quantitative estimate of drug-likeness (QED) is 0.660. The second kappa shape index (κ2) is 8.42. The van der Waals surface area contributed by atoms with Gasteiger partial charge in [-0.3, -0.25) is 9.89 Å². The van der Waals surface area contributed by atoms with Crippen LogP contribution in [0.5, 0.6) is 0 Å². The van der Waals surface area contributed by atoms with Crippen molar-refractivity contribution in [1.29, 1.82) is 0 Å². The van der Waals surface area contributed by atoms with E-state index in [1.807, 2.05) is 7.05 Å². The lowest BCUT2D eigenvalue weighted by Gasteiger charge is -2.32. The van der Waals surface area contributed by atoms with Crippen LogP contribution in [0.3, 0.4) is 0 Å². The van der Waals surface area contributed by atoms with Crippen molar-refractivity contribution in [2.24, 2.45) is 4.99 Å². The lowest BCUT2D eigenvalue weighted by molar-refractivity contribution is 0.168. The van der Waals surface area contributed by atoms with Crippen LogP contribution in [0.2, 0.25) is 0 Å². The van der Waals surface area contributed by atoms with E-state index in [2.05, 4.69) is 30.9 Å². The Balaban J connectivity index is 1.25. The molecule has 0 radical (unpaired) electrons. The number of rotatable bonds is 4. The molecule has 1 unspecified atom stereocenters. The van der Waals surface area contributed by atoms with E-state index in [1.54, 1.807) is 0 Å². The van der Waals surface area contributed by atoms with Gasteiger partial charge in [0.05, 0.1) is 5.69 Å². The first-order valence-electron chi connectivity index (χ1n) is 10.6. The summed E-state index contributed by atoms with van der Waals surface area (Å²) in [6.07, 6.45) is 12.4. The fourth-order valence-corrected chi connectivity index (χ4v) is 4.74. The zero-order valence-corrected chi connectivity index (χ0v) is 16.3. The van der Waals surface area contributed by atoms with Gasteiger partial charge in [0.25, 0.3) is 0 Å². The molecular weight excluding hydrogens is 324 g/mol. The molecule has 1 aromatic rings. The number of nitrogens with zero attached hydrogens (tertiary/aromatic N) is 5. The van der Waals surface area contributed by atoms with Gasteiger partial charge >= 0.3 is 0 Å². The van der Waals surface area contributed by atoms with Crippen molar-refractivity contribution in [3.63, 3.8) is 0 Å². The van der Waals surface area contributed by atoms with Crippen molar-refractivity contribution in [3.05, 3.63) is 17.7 Å². The first-order chi connectivity index (χ1) is 12.8. The van der Waals surface area contributed by atoms with E-state index in [1.165, 1.54) is 63.1 Å². The first kappa shape index (κ1) is 17.8. The predicted molar refractivity (Wildman–Crippen MR) is 106 cm³/mol. The topological polar surface area (TPSA) is 48.7 Å². The van der Waals surface area contributed by atoms with E-state index >= 15 is 0 Å². The number of aliphatic imine (C=N–C) groups is 1. The Kier molecular flexibility index (Phi) is 5.78. The monoisotopic (exact) mass is 358 g/mol. The lowest BCUT2D eigenvalue weighted by atomic mass is 10.1. The molecule has 0 aromatic carbocycles. The molecule has 4 rings (SSSR count). The van der Waals surface area contributed by atoms with Gasteiger partial charge in [-0.2, -0.15) is 0 Å². The van der Waals surface area contributed by atoms with Crippen molar-refractivity contribution < 1.29 is 0 Å². The fraction of sp³-hybridized carbons (Fsp3) is 0.800. The van der Waals surface area contributed by atoms with Crippen molar-refractivity contribution in [2.75, 3.05) is 39.8 Å². The van der Waals surface area contributed by atoms with Gasteiger partial charge in [0.2, 0.25) is 0 Å². The van der Waals surface area contributed by atoms with Crippen LogP contribution in [0, 0.1) is 0 Å². The molecular formula is C20H34N6. The van der Waals surface area contributed by atoms with Crippen LogP contribution in [0.25, 0.3) is 0 Å². The molecule has 4 heterocycles. The Morgan fingerprint density at radius 1 is 1.15 bits per heavy atom. The van der Waals surface area contributed by atoms with Crippen LogP contribution in [0.1, 0.15) is 50.0 Å². The minimum Gasteiger partial charge on any atom is -0.356 e. The summed E-state index contributed by atoms with van der Waals surface area (Å²) in [6.45, 7) is 6.88. The molecule has 3 aliphatic rings. The third-order valence-corrected chi connectivity index (χ3v) is 6.20. The number of imidazole rings is 1. The molecule has 0 saturated carbocycles.